The lowest BCUT2D eigenvalue weighted by Gasteiger charge is -2.14. The first-order chi connectivity index (χ1) is 8.74. The lowest BCUT2D eigenvalue weighted by molar-refractivity contribution is -0.113. The number of nitrogens with one attached hydrogen (secondary N) is 1. The summed E-state index contributed by atoms with van der Waals surface area (Å²) >= 11 is 6.88. The maximum atomic E-state index is 11.7. The fourth-order valence-electron chi connectivity index (χ4n) is 1.97. The van der Waals surface area contributed by atoms with E-state index in [4.69, 9.17) is 0 Å². The second-order valence-electron chi connectivity index (χ2n) is 3.99. The number of benzene rings is 1. The lowest BCUT2D eigenvalue weighted by atomic mass is 10.1. The summed E-state index contributed by atoms with van der Waals surface area (Å²) in [6.07, 6.45) is 0. The number of hydrogen-bond donors (Lipinski definition) is 1. The van der Waals surface area contributed by atoms with Gasteiger partial charge in [0.1, 0.15) is 0 Å². The molecule has 1 aliphatic heterocycles. The molecule has 0 fully saturated rings. The van der Waals surface area contributed by atoms with E-state index in [9.17, 15) is 4.79 Å². The Labute approximate surface area is 122 Å². The molecule has 0 saturated carbocycles. The number of hydrogen-bond acceptors (Lipinski definition) is 3. The number of thioether (sulfide) groups is 1. The molecule has 0 radical (unpaired) electrons. The average Bonchev–Trinajstić information content (AvgIpc) is 2.72. The second-order valence-corrected chi connectivity index (χ2v) is 6.95. The topological polar surface area (TPSA) is 29.1 Å². The molecule has 2 aromatic rings. The Morgan fingerprint density at radius 1 is 1.33 bits per heavy atom. The molecular formula is C13H10BrNOS2. The van der Waals surface area contributed by atoms with Gasteiger partial charge in [-0.2, -0.15) is 0 Å². The Bertz CT molecular complexity index is 596. The Hall–Kier alpha value is -0.780. The van der Waals surface area contributed by atoms with Gasteiger partial charge in [0.25, 0.3) is 0 Å². The lowest BCUT2D eigenvalue weighted by Crippen LogP contribution is -2.11. The minimum absolute atomic E-state index is 0.0807. The van der Waals surface area contributed by atoms with E-state index in [0.717, 1.165) is 10.2 Å². The van der Waals surface area contributed by atoms with E-state index in [1.165, 1.54) is 10.4 Å². The van der Waals surface area contributed by atoms with Crippen molar-refractivity contribution in [2.45, 2.75) is 5.25 Å². The van der Waals surface area contributed by atoms with Crippen LogP contribution in [-0.2, 0) is 4.79 Å². The van der Waals surface area contributed by atoms with Gasteiger partial charge in [-0.05, 0) is 29.1 Å². The largest absolute Gasteiger partial charge is 0.324 e. The highest BCUT2D eigenvalue weighted by molar-refractivity contribution is 9.10. The number of rotatable bonds is 1. The molecule has 18 heavy (non-hydrogen) atoms. The van der Waals surface area contributed by atoms with Gasteiger partial charge >= 0.3 is 0 Å². The minimum atomic E-state index is 0.0807. The van der Waals surface area contributed by atoms with Crippen LogP contribution in [-0.4, -0.2) is 11.7 Å². The first kappa shape index (κ1) is 12.3. The number of carbonyl (C=O) groups excluding carboxylic acids is 1. The van der Waals surface area contributed by atoms with E-state index >= 15 is 0 Å². The van der Waals surface area contributed by atoms with Crippen LogP contribution in [0.4, 0.5) is 5.69 Å². The molecule has 2 heterocycles. The highest BCUT2D eigenvalue weighted by atomic mass is 79.9. The van der Waals surface area contributed by atoms with E-state index in [0.29, 0.717) is 5.75 Å². The van der Waals surface area contributed by atoms with Crippen molar-refractivity contribution in [2.24, 2.45) is 0 Å². The van der Waals surface area contributed by atoms with Crippen LogP contribution >= 0.6 is 39.0 Å². The van der Waals surface area contributed by atoms with Crippen LogP contribution in [0.25, 0.3) is 0 Å². The van der Waals surface area contributed by atoms with E-state index in [1.807, 2.05) is 23.6 Å². The van der Waals surface area contributed by atoms with Crippen LogP contribution in [0.1, 0.15) is 15.7 Å². The maximum Gasteiger partial charge on any atom is 0.234 e. The Morgan fingerprint density at radius 2 is 2.22 bits per heavy atom. The molecule has 1 N–H and O–H groups in total. The van der Waals surface area contributed by atoms with Crippen molar-refractivity contribution in [2.75, 3.05) is 11.1 Å². The third-order valence-electron chi connectivity index (χ3n) is 2.74. The molecule has 3 rings (SSSR count). The summed E-state index contributed by atoms with van der Waals surface area (Å²) < 4.78 is 1.07. The molecule has 1 aromatic heterocycles. The maximum absolute atomic E-state index is 11.7. The fraction of sp³-hybridized carbons (Fsp3) is 0.154. The number of anilines is 1. The molecule has 0 bridgehead atoms. The minimum Gasteiger partial charge on any atom is -0.324 e. The highest BCUT2D eigenvalue weighted by Crippen LogP contribution is 2.44. The van der Waals surface area contributed by atoms with E-state index in [-0.39, 0.29) is 11.2 Å². The summed E-state index contributed by atoms with van der Waals surface area (Å²) in [5.41, 5.74) is 2.19. The van der Waals surface area contributed by atoms with Gasteiger partial charge in [0.15, 0.2) is 0 Å². The van der Waals surface area contributed by atoms with Crippen molar-refractivity contribution in [3.05, 3.63) is 50.6 Å². The Balaban J connectivity index is 2.05. The first-order valence-corrected chi connectivity index (χ1v) is 8.20. The van der Waals surface area contributed by atoms with Gasteiger partial charge in [0, 0.05) is 9.35 Å². The quantitative estimate of drug-likeness (QED) is 0.839. The van der Waals surface area contributed by atoms with Gasteiger partial charge in [-0.15, -0.1) is 23.1 Å². The summed E-state index contributed by atoms with van der Waals surface area (Å²) in [6.45, 7) is 0. The van der Waals surface area contributed by atoms with Crippen molar-refractivity contribution < 1.29 is 4.79 Å². The molecule has 0 spiro atoms. The smallest absolute Gasteiger partial charge is 0.234 e. The molecular weight excluding hydrogens is 330 g/mol. The molecule has 1 atom stereocenters. The van der Waals surface area contributed by atoms with Gasteiger partial charge in [-0.3, -0.25) is 4.79 Å². The van der Waals surface area contributed by atoms with Crippen LogP contribution in [0.15, 0.2) is 40.2 Å². The predicted octanol–water partition coefficient (Wildman–Crippen LogP) is 4.29. The van der Waals surface area contributed by atoms with Crippen LogP contribution in [0.2, 0.25) is 0 Å². The van der Waals surface area contributed by atoms with Crippen molar-refractivity contribution in [1.82, 2.24) is 0 Å². The summed E-state index contributed by atoms with van der Waals surface area (Å²) in [4.78, 5) is 12.9. The van der Waals surface area contributed by atoms with Gasteiger partial charge in [0.2, 0.25) is 5.91 Å². The van der Waals surface area contributed by atoms with Gasteiger partial charge in [-0.25, -0.2) is 0 Å². The molecule has 1 aliphatic rings. The summed E-state index contributed by atoms with van der Waals surface area (Å²) in [5, 5.41) is 5.22. The standard InChI is InChI=1S/C13H10BrNOS2/c14-9-3-1-2-8(6-9)12-13-10(4-5-17-13)15-11(16)7-18-12/h1-6,12H,7H2,(H,15,16)/t12-/m0/s1. The number of fused-ring (bicyclic) bond motifs is 1. The van der Waals surface area contributed by atoms with Crippen LogP contribution in [0.3, 0.4) is 0 Å². The van der Waals surface area contributed by atoms with Crippen molar-refractivity contribution in [3.8, 4) is 0 Å². The molecule has 0 unspecified atom stereocenters. The van der Waals surface area contributed by atoms with E-state index in [2.05, 4.69) is 33.4 Å². The highest BCUT2D eigenvalue weighted by Gasteiger charge is 2.25. The fourth-order valence-corrected chi connectivity index (χ4v) is 4.62. The molecule has 0 aliphatic carbocycles. The Morgan fingerprint density at radius 3 is 3.06 bits per heavy atom. The van der Waals surface area contributed by atoms with Crippen LogP contribution in [0.5, 0.6) is 0 Å². The SMILES string of the molecule is O=C1CS[C@@H](c2cccc(Br)c2)c2sccc2N1. The number of amides is 1. The van der Waals surface area contributed by atoms with Crippen molar-refractivity contribution in [3.63, 3.8) is 0 Å². The number of thiophene rings is 1. The zero-order chi connectivity index (χ0) is 12.5. The first-order valence-electron chi connectivity index (χ1n) is 5.48. The molecule has 0 saturated heterocycles. The summed E-state index contributed by atoms with van der Waals surface area (Å²) in [6, 6.07) is 10.3. The normalized spacial score (nSPS) is 18.9. The molecule has 2 nitrogen and oxygen atoms in total. The molecule has 1 aromatic carbocycles. The van der Waals surface area contributed by atoms with Gasteiger partial charge in [0.05, 0.1) is 16.7 Å². The van der Waals surface area contributed by atoms with Gasteiger partial charge < -0.3 is 5.32 Å². The van der Waals surface area contributed by atoms with E-state index in [1.54, 1.807) is 23.1 Å². The molecule has 5 heteroatoms. The second kappa shape index (κ2) is 5.07. The zero-order valence-corrected chi connectivity index (χ0v) is 12.6. The third-order valence-corrected chi connectivity index (χ3v) is 5.63. The molecule has 1 amide bonds. The number of carbonyl (C=O) groups is 1. The van der Waals surface area contributed by atoms with Crippen LogP contribution in [0, 0.1) is 0 Å². The monoisotopic (exact) mass is 339 g/mol. The zero-order valence-electron chi connectivity index (χ0n) is 9.35. The van der Waals surface area contributed by atoms with Crippen molar-refractivity contribution >= 4 is 50.6 Å². The number of halogens is 1. The third kappa shape index (κ3) is 2.35. The Kier molecular flexibility index (Phi) is 3.46. The van der Waals surface area contributed by atoms with E-state index < -0.39 is 0 Å². The summed E-state index contributed by atoms with van der Waals surface area (Å²) in [5.74, 6) is 0.579. The van der Waals surface area contributed by atoms with Crippen molar-refractivity contribution in [1.29, 1.82) is 0 Å². The predicted molar refractivity (Wildman–Crippen MR) is 81.4 cm³/mol. The molecule has 92 valence electrons. The average molecular weight is 340 g/mol. The van der Waals surface area contributed by atoms with Gasteiger partial charge in [-0.1, -0.05) is 28.1 Å². The summed E-state index contributed by atoms with van der Waals surface area (Å²) in [7, 11) is 0. The van der Waals surface area contributed by atoms with Crippen LogP contribution < -0.4 is 5.32 Å².